The Balaban J connectivity index is 2.29. The van der Waals surface area contributed by atoms with E-state index in [1.807, 2.05) is 12.1 Å². The fourth-order valence-corrected chi connectivity index (χ4v) is 1.87. The largest absolute Gasteiger partial charge is 0.389 e. The van der Waals surface area contributed by atoms with Gasteiger partial charge in [-0.05, 0) is 28.1 Å². The predicted molar refractivity (Wildman–Crippen MR) is 76.3 cm³/mol. The molecule has 4 nitrogen and oxygen atoms in total. The van der Waals surface area contributed by atoms with Crippen LogP contribution in [0.1, 0.15) is 0 Å². The van der Waals surface area contributed by atoms with Crippen LogP contribution in [0, 0.1) is 0 Å². The molecular weight excluding hydrogens is 321 g/mol. The number of ether oxygens (including phenoxy) is 2. The summed E-state index contributed by atoms with van der Waals surface area (Å²) in [5, 5.41) is 13.4. The van der Waals surface area contributed by atoms with Crippen molar-refractivity contribution in [3.63, 3.8) is 0 Å². The van der Waals surface area contributed by atoms with Crippen molar-refractivity contribution in [2.75, 3.05) is 38.8 Å². The Morgan fingerprint density at radius 2 is 2.22 bits per heavy atom. The molecule has 0 amide bonds. The number of nitrogens with one attached hydrogen (secondary N) is 1. The van der Waals surface area contributed by atoms with Gasteiger partial charge in [0.25, 0.3) is 0 Å². The SMILES string of the molecule is COCCOCC(O)CNc1cccc(Cl)c1Br. The Labute approximate surface area is 120 Å². The maximum atomic E-state index is 9.69. The second kappa shape index (κ2) is 8.72. The monoisotopic (exact) mass is 337 g/mol. The summed E-state index contributed by atoms with van der Waals surface area (Å²) in [4.78, 5) is 0. The van der Waals surface area contributed by atoms with Gasteiger partial charge < -0.3 is 19.9 Å². The molecule has 1 rings (SSSR count). The summed E-state index contributed by atoms with van der Waals surface area (Å²) in [6.45, 7) is 1.68. The van der Waals surface area contributed by atoms with Gasteiger partial charge in [0.05, 0.1) is 41.1 Å². The Kier molecular flexibility index (Phi) is 7.62. The van der Waals surface area contributed by atoms with Crippen LogP contribution in [0.15, 0.2) is 22.7 Å². The molecule has 1 unspecified atom stereocenters. The van der Waals surface area contributed by atoms with E-state index in [9.17, 15) is 5.11 Å². The van der Waals surface area contributed by atoms with E-state index in [1.54, 1.807) is 13.2 Å². The van der Waals surface area contributed by atoms with Gasteiger partial charge in [0.15, 0.2) is 0 Å². The van der Waals surface area contributed by atoms with Crippen LogP contribution in [0.25, 0.3) is 0 Å². The average Bonchev–Trinajstić information content (AvgIpc) is 2.36. The number of anilines is 1. The van der Waals surface area contributed by atoms with Crippen molar-refractivity contribution < 1.29 is 14.6 Å². The zero-order valence-electron chi connectivity index (χ0n) is 10.2. The van der Waals surface area contributed by atoms with E-state index in [0.717, 1.165) is 10.2 Å². The Bertz CT molecular complexity index is 365. The van der Waals surface area contributed by atoms with Crippen molar-refractivity contribution in [1.82, 2.24) is 0 Å². The molecule has 0 heterocycles. The van der Waals surface area contributed by atoms with E-state index in [-0.39, 0.29) is 6.61 Å². The van der Waals surface area contributed by atoms with Gasteiger partial charge in [-0.15, -0.1) is 0 Å². The summed E-state index contributed by atoms with van der Waals surface area (Å²) in [5.41, 5.74) is 0.846. The summed E-state index contributed by atoms with van der Waals surface area (Å²) in [7, 11) is 1.61. The molecule has 0 saturated carbocycles. The summed E-state index contributed by atoms with van der Waals surface area (Å²) >= 11 is 9.34. The van der Waals surface area contributed by atoms with Gasteiger partial charge in [0.1, 0.15) is 0 Å². The number of rotatable bonds is 8. The molecule has 0 bridgehead atoms. The number of halogens is 2. The summed E-state index contributed by atoms with van der Waals surface area (Å²) in [6.07, 6.45) is -0.576. The molecule has 102 valence electrons. The zero-order valence-corrected chi connectivity index (χ0v) is 12.5. The summed E-state index contributed by atoms with van der Waals surface area (Å²) in [6, 6.07) is 5.52. The van der Waals surface area contributed by atoms with E-state index in [1.165, 1.54) is 0 Å². The second-order valence-corrected chi connectivity index (χ2v) is 4.90. The Hall–Kier alpha value is -0.330. The first-order valence-electron chi connectivity index (χ1n) is 5.57. The number of aliphatic hydroxyl groups excluding tert-OH is 1. The fourth-order valence-electron chi connectivity index (χ4n) is 1.29. The lowest BCUT2D eigenvalue weighted by Crippen LogP contribution is -2.25. The minimum Gasteiger partial charge on any atom is -0.389 e. The molecule has 1 aromatic rings. The maximum absolute atomic E-state index is 9.69. The highest BCUT2D eigenvalue weighted by molar-refractivity contribution is 9.10. The van der Waals surface area contributed by atoms with Gasteiger partial charge >= 0.3 is 0 Å². The van der Waals surface area contributed by atoms with Crippen LogP contribution in [0.2, 0.25) is 5.02 Å². The fraction of sp³-hybridized carbons (Fsp3) is 0.500. The van der Waals surface area contributed by atoms with Crippen LogP contribution in [0.3, 0.4) is 0 Å². The van der Waals surface area contributed by atoms with Gasteiger partial charge in [-0.25, -0.2) is 0 Å². The molecule has 0 aliphatic rings. The minimum atomic E-state index is -0.576. The zero-order chi connectivity index (χ0) is 13.4. The molecule has 0 aromatic heterocycles. The molecular formula is C12H17BrClNO3. The number of hydrogen-bond acceptors (Lipinski definition) is 4. The van der Waals surface area contributed by atoms with Crippen molar-refractivity contribution >= 4 is 33.2 Å². The normalized spacial score (nSPS) is 12.4. The first-order valence-corrected chi connectivity index (χ1v) is 6.75. The molecule has 0 fully saturated rings. The third-order valence-electron chi connectivity index (χ3n) is 2.22. The maximum Gasteiger partial charge on any atom is 0.0945 e. The van der Waals surface area contributed by atoms with E-state index in [0.29, 0.717) is 24.8 Å². The topological polar surface area (TPSA) is 50.7 Å². The van der Waals surface area contributed by atoms with Crippen LogP contribution < -0.4 is 5.32 Å². The van der Waals surface area contributed by atoms with Crippen molar-refractivity contribution in [3.8, 4) is 0 Å². The van der Waals surface area contributed by atoms with Crippen LogP contribution in [0.5, 0.6) is 0 Å². The standard InChI is InChI=1S/C12H17BrClNO3/c1-17-5-6-18-8-9(16)7-15-11-4-2-3-10(14)12(11)13/h2-4,9,15-16H,5-8H2,1H3. The highest BCUT2D eigenvalue weighted by Gasteiger charge is 2.07. The van der Waals surface area contributed by atoms with Gasteiger partial charge in [-0.3, -0.25) is 0 Å². The number of hydrogen-bond donors (Lipinski definition) is 2. The molecule has 1 atom stereocenters. The smallest absolute Gasteiger partial charge is 0.0945 e. The van der Waals surface area contributed by atoms with E-state index < -0.39 is 6.10 Å². The second-order valence-electron chi connectivity index (χ2n) is 3.70. The van der Waals surface area contributed by atoms with Crippen molar-refractivity contribution in [2.45, 2.75) is 6.10 Å². The average molecular weight is 339 g/mol. The molecule has 1 aromatic carbocycles. The van der Waals surface area contributed by atoms with Crippen LogP contribution in [-0.4, -0.2) is 44.7 Å². The number of benzene rings is 1. The van der Waals surface area contributed by atoms with Crippen molar-refractivity contribution in [1.29, 1.82) is 0 Å². The molecule has 0 radical (unpaired) electrons. The lowest BCUT2D eigenvalue weighted by atomic mass is 10.3. The first-order chi connectivity index (χ1) is 8.65. The molecule has 2 N–H and O–H groups in total. The van der Waals surface area contributed by atoms with Gasteiger partial charge in [0, 0.05) is 13.7 Å². The van der Waals surface area contributed by atoms with Crippen LogP contribution in [-0.2, 0) is 9.47 Å². The Morgan fingerprint density at radius 3 is 2.94 bits per heavy atom. The van der Waals surface area contributed by atoms with Gasteiger partial charge in [-0.1, -0.05) is 17.7 Å². The minimum absolute atomic E-state index is 0.272. The number of aliphatic hydroxyl groups is 1. The highest BCUT2D eigenvalue weighted by Crippen LogP contribution is 2.29. The quantitative estimate of drug-likeness (QED) is 0.715. The van der Waals surface area contributed by atoms with Crippen LogP contribution in [0.4, 0.5) is 5.69 Å². The van der Waals surface area contributed by atoms with Gasteiger partial charge in [-0.2, -0.15) is 0 Å². The molecule has 6 heteroatoms. The molecule has 0 aliphatic heterocycles. The number of methoxy groups -OCH3 is 1. The van der Waals surface area contributed by atoms with Gasteiger partial charge in [0.2, 0.25) is 0 Å². The third kappa shape index (κ3) is 5.54. The van der Waals surface area contributed by atoms with Crippen molar-refractivity contribution in [2.24, 2.45) is 0 Å². The first kappa shape index (κ1) is 15.7. The molecule has 0 saturated heterocycles. The molecule has 0 aliphatic carbocycles. The van der Waals surface area contributed by atoms with Crippen LogP contribution >= 0.6 is 27.5 Å². The predicted octanol–water partition coefficient (Wildman–Crippen LogP) is 2.54. The molecule has 18 heavy (non-hydrogen) atoms. The highest BCUT2D eigenvalue weighted by atomic mass is 79.9. The molecule has 0 spiro atoms. The lowest BCUT2D eigenvalue weighted by Gasteiger charge is -2.14. The third-order valence-corrected chi connectivity index (χ3v) is 3.62. The van der Waals surface area contributed by atoms with E-state index in [4.69, 9.17) is 21.1 Å². The van der Waals surface area contributed by atoms with E-state index in [2.05, 4.69) is 21.2 Å². The lowest BCUT2D eigenvalue weighted by molar-refractivity contribution is 0.0182. The Morgan fingerprint density at radius 1 is 1.44 bits per heavy atom. The van der Waals surface area contributed by atoms with E-state index >= 15 is 0 Å². The summed E-state index contributed by atoms with van der Waals surface area (Å²) in [5.74, 6) is 0. The summed E-state index contributed by atoms with van der Waals surface area (Å²) < 4.78 is 10.9. The van der Waals surface area contributed by atoms with Crippen molar-refractivity contribution in [3.05, 3.63) is 27.7 Å².